The number of nitriles is 1. The first-order chi connectivity index (χ1) is 13.3. The van der Waals surface area contributed by atoms with E-state index in [1.165, 1.54) is 0 Å². The van der Waals surface area contributed by atoms with Crippen LogP contribution in [0.3, 0.4) is 0 Å². The van der Waals surface area contributed by atoms with Crippen molar-refractivity contribution in [3.05, 3.63) is 34.4 Å². The highest BCUT2D eigenvalue weighted by Crippen LogP contribution is 2.37. The van der Waals surface area contributed by atoms with E-state index in [2.05, 4.69) is 78.8 Å². The molecule has 0 fully saturated rings. The van der Waals surface area contributed by atoms with Crippen LogP contribution in [0.15, 0.2) is 28.9 Å². The average molecular weight is 480 g/mol. The maximum Gasteiger partial charge on any atom is 0.191 e. The normalized spacial score (nSPS) is 14.2. The number of fused-ring (bicyclic) bond motifs is 1. The molecule has 0 amide bonds. The Kier molecular flexibility index (Phi) is 7.43. The van der Waals surface area contributed by atoms with Crippen LogP contribution in [0, 0.1) is 17.2 Å². The second-order valence-corrected chi connectivity index (χ2v) is 15.7. The standard InChI is InChI=1S/C23H35BrN2O2Si/c1-22(2,3)29(7,8)28-15-17(14-27-6)12-26-13-20(23(4,5)16-25)19-10-9-18(24)11-21(19)26/h9-11,13,17H,12,14-15H2,1-8H3. The van der Waals surface area contributed by atoms with Gasteiger partial charge in [0.15, 0.2) is 8.32 Å². The lowest BCUT2D eigenvalue weighted by Gasteiger charge is -2.37. The molecule has 0 aliphatic rings. The fourth-order valence-electron chi connectivity index (χ4n) is 3.18. The number of benzene rings is 1. The van der Waals surface area contributed by atoms with Crippen molar-refractivity contribution in [2.24, 2.45) is 5.92 Å². The topological polar surface area (TPSA) is 47.2 Å². The monoisotopic (exact) mass is 478 g/mol. The Morgan fingerprint density at radius 1 is 1.17 bits per heavy atom. The Hall–Kier alpha value is -1.13. The minimum absolute atomic E-state index is 0.180. The quantitative estimate of drug-likeness (QED) is 0.407. The third-order valence-corrected chi connectivity index (χ3v) is 11.1. The van der Waals surface area contributed by atoms with Gasteiger partial charge < -0.3 is 13.7 Å². The summed E-state index contributed by atoms with van der Waals surface area (Å²) in [5, 5.41) is 11.0. The maximum atomic E-state index is 9.68. The van der Waals surface area contributed by atoms with Crippen LogP contribution in [0.2, 0.25) is 18.1 Å². The van der Waals surface area contributed by atoms with Crippen molar-refractivity contribution >= 4 is 35.2 Å². The number of methoxy groups -OCH3 is 1. The van der Waals surface area contributed by atoms with Gasteiger partial charge in [-0.05, 0) is 49.7 Å². The minimum atomic E-state index is -1.82. The van der Waals surface area contributed by atoms with Crippen LogP contribution >= 0.6 is 15.9 Å². The molecule has 2 aromatic rings. The van der Waals surface area contributed by atoms with Crippen molar-refractivity contribution < 1.29 is 9.16 Å². The molecule has 29 heavy (non-hydrogen) atoms. The van der Waals surface area contributed by atoms with Crippen LogP contribution in [0.5, 0.6) is 0 Å². The van der Waals surface area contributed by atoms with Gasteiger partial charge in [0.05, 0.1) is 18.1 Å². The van der Waals surface area contributed by atoms with Gasteiger partial charge in [-0.1, -0.05) is 42.8 Å². The Morgan fingerprint density at radius 3 is 2.38 bits per heavy atom. The first-order valence-electron chi connectivity index (χ1n) is 10.2. The van der Waals surface area contributed by atoms with Gasteiger partial charge in [0, 0.05) is 47.8 Å². The molecule has 160 valence electrons. The Morgan fingerprint density at radius 2 is 1.83 bits per heavy atom. The lowest BCUT2D eigenvalue weighted by atomic mass is 9.86. The largest absolute Gasteiger partial charge is 0.416 e. The van der Waals surface area contributed by atoms with E-state index in [4.69, 9.17) is 9.16 Å². The molecular weight excluding hydrogens is 444 g/mol. The molecule has 1 atom stereocenters. The van der Waals surface area contributed by atoms with E-state index in [9.17, 15) is 5.26 Å². The summed E-state index contributed by atoms with van der Waals surface area (Å²) in [6.07, 6.45) is 2.13. The molecule has 4 nitrogen and oxygen atoms in total. The van der Waals surface area contributed by atoms with E-state index >= 15 is 0 Å². The molecular formula is C23H35BrN2O2Si. The molecule has 0 saturated heterocycles. The summed E-state index contributed by atoms with van der Waals surface area (Å²) in [6, 6.07) is 8.72. The number of ether oxygens (including phenoxy) is 1. The molecule has 0 radical (unpaired) electrons. The molecule has 1 unspecified atom stereocenters. The molecule has 6 heteroatoms. The third-order valence-electron chi connectivity index (χ3n) is 6.14. The molecule has 1 aromatic carbocycles. The molecule has 0 saturated carbocycles. The fourth-order valence-corrected chi connectivity index (χ4v) is 4.62. The number of rotatable bonds is 8. The fraction of sp³-hybridized carbons (Fsp3) is 0.609. The summed E-state index contributed by atoms with van der Waals surface area (Å²) in [6.45, 7) is 17.4. The second-order valence-electron chi connectivity index (χ2n) is 9.99. The number of halogens is 1. The van der Waals surface area contributed by atoms with Crippen molar-refractivity contribution in [3.8, 4) is 6.07 Å². The lowest BCUT2D eigenvalue weighted by molar-refractivity contribution is 0.104. The number of aromatic nitrogens is 1. The van der Waals surface area contributed by atoms with Crippen molar-refractivity contribution in [3.63, 3.8) is 0 Å². The number of hydrogen-bond acceptors (Lipinski definition) is 3. The van der Waals surface area contributed by atoms with Gasteiger partial charge in [-0.25, -0.2) is 0 Å². The van der Waals surface area contributed by atoms with E-state index in [0.717, 1.165) is 27.5 Å². The molecule has 0 aliphatic heterocycles. The van der Waals surface area contributed by atoms with Gasteiger partial charge in [-0.15, -0.1) is 0 Å². The minimum Gasteiger partial charge on any atom is -0.416 e. The predicted molar refractivity (Wildman–Crippen MR) is 127 cm³/mol. The van der Waals surface area contributed by atoms with Crippen LogP contribution in [-0.4, -0.2) is 33.2 Å². The highest BCUT2D eigenvalue weighted by molar-refractivity contribution is 9.10. The van der Waals surface area contributed by atoms with Crippen LogP contribution in [0.4, 0.5) is 0 Å². The smallest absolute Gasteiger partial charge is 0.191 e. The molecule has 1 aromatic heterocycles. The van der Waals surface area contributed by atoms with Crippen molar-refractivity contribution in [1.29, 1.82) is 5.26 Å². The highest BCUT2D eigenvalue weighted by atomic mass is 79.9. The van der Waals surface area contributed by atoms with Crippen LogP contribution in [0.25, 0.3) is 10.9 Å². The third kappa shape index (κ3) is 5.52. The van der Waals surface area contributed by atoms with Crippen LogP contribution < -0.4 is 0 Å². The second kappa shape index (κ2) is 8.93. The van der Waals surface area contributed by atoms with Gasteiger partial charge in [-0.3, -0.25) is 0 Å². The summed E-state index contributed by atoms with van der Waals surface area (Å²) in [7, 11) is -0.0784. The Labute approximate surface area is 185 Å². The summed E-state index contributed by atoms with van der Waals surface area (Å²) in [4.78, 5) is 0. The van der Waals surface area contributed by atoms with Gasteiger partial charge in [0.1, 0.15) is 0 Å². The van der Waals surface area contributed by atoms with E-state index in [0.29, 0.717) is 13.2 Å². The summed E-state index contributed by atoms with van der Waals surface area (Å²) in [5.41, 5.74) is 1.64. The Bertz CT molecular complexity index is 891. The summed E-state index contributed by atoms with van der Waals surface area (Å²) in [5.74, 6) is 0.238. The van der Waals surface area contributed by atoms with E-state index in [1.807, 2.05) is 19.9 Å². The SMILES string of the molecule is COCC(CO[Si](C)(C)C(C)(C)C)Cn1cc(C(C)(C)C#N)c2ccc(Br)cc21. The van der Waals surface area contributed by atoms with Gasteiger partial charge in [0.2, 0.25) is 0 Å². The number of hydrogen-bond donors (Lipinski definition) is 0. The van der Waals surface area contributed by atoms with Gasteiger partial charge >= 0.3 is 0 Å². The predicted octanol–water partition coefficient (Wildman–Crippen LogP) is 6.49. The first kappa shape index (κ1) is 24.1. The molecule has 1 heterocycles. The zero-order valence-electron chi connectivity index (χ0n) is 19.1. The highest BCUT2D eigenvalue weighted by Gasteiger charge is 2.37. The number of nitrogens with zero attached hydrogens (tertiary/aromatic N) is 2. The van der Waals surface area contributed by atoms with Gasteiger partial charge in [-0.2, -0.15) is 5.26 Å². The summed E-state index contributed by atoms with van der Waals surface area (Å²) < 4.78 is 15.3. The van der Waals surface area contributed by atoms with Crippen LogP contribution in [-0.2, 0) is 21.1 Å². The van der Waals surface area contributed by atoms with Crippen LogP contribution in [0.1, 0.15) is 40.2 Å². The Balaban J connectivity index is 2.37. The first-order valence-corrected chi connectivity index (χ1v) is 13.9. The van der Waals surface area contributed by atoms with E-state index < -0.39 is 13.7 Å². The zero-order valence-corrected chi connectivity index (χ0v) is 21.7. The van der Waals surface area contributed by atoms with E-state index in [1.54, 1.807) is 7.11 Å². The summed E-state index contributed by atoms with van der Waals surface area (Å²) >= 11 is 3.60. The van der Waals surface area contributed by atoms with Crippen molar-refractivity contribution in [2.75, 3.05) is 20.3 Å². The zero-order chi connectivity index (χ0) is 22.0. The molecule has 2 rings (SSSR count). The van der Waals surface area contributed by atoms with Crippen molar-refractivity contribution in [2.45, 2.75) is 64.7 Å². The van der Waals surface area contributed by atoms with Crippen molar-refractivity contribution in [1.82, 2.24) is 4.57 Å². The lowest BCUT2D eigenvalue weighted by Crippen LogP contribution is -2.42. The molecule has 0 bridgehead atoms. The maximum absolute atomic E-state index is 9.68. The van der Waals surface area contributed by atoms with Gasteiger partial charge in [0.25, 0.3) is 0 Å². The van der Waals surface area contributed by atoms with E-state index in [-0.39, 0.29) is 11.0 Å². The molecule has 0 spiro atoms. The molecule has 0 N–H and O–H groups in total. The molecule has 0 aliphatic carbocycles. The average Bonchev–Trinajstić information content (AvgIpc) is 2.97.